The molecule has 0 aliphatic carbocycles. The highest BCUT2D eigenvalue weighted by Crippen LogP contribution is 2.42. The first kappa shape index (κ1) is 24.9. The van der Waals surface area contributed by atoms with Gasteiger partial charge in [-0.3, -0.25) is 9.69 Å². The van der Waals surface area contributed by atoms with Gasteiger partial charge in [0.05, 0.1) is 23.8 Å². The van der Waals surface area contributed by atoms with Crippen LogP contribution < -0.4 is 9.64 Å². The Morgan fingerprint density at radius 3 is 2.51 bits per heavy atom. The lowest BCUT2D eigenvalue weighted by Gasteiger charge is -2.36. The Kier molecular flexibility index (Phi) is 6.91. The number of rotatable bonds is 5. The van der Waals surface area contributed by atoms with Gasteiger partial charge >= 0.3 is 5.97 Å². The predicted molar refractivity (Wildman–Crippen MR) is 143 cm³/mol. The molecule has 0 spiro atoms. The quantitative estimate of drug-likeness (QED) is 0.373. The number of benzene rings is 3. The maximum absolute atomic E-state index is 13.2. The topological polar surface area (TPSA) is 79.3 Å². The summed E-state index contributed by atoms with van der Waals surface area (Å²) in [7, 11) is 1.33. The molecule has 2 aliphatic rings. The fraction of sp³-hybridized carbons (Fsp3) is 0.241. The molecular weight excluding hydrogens is 492 g/mol. The summed E-state index contributed by atoms with van der Waals surface area (Å²) in [4.78, 5) is 29.5. The third kappa shape index (κ3) is 5.05. The van der Waals surface area contributed by atoms with Crippen molar-refractivity contribution in [2.24, 2.45) is 0 Å². The zero-order chi connectivity index (χ0) is 26.1. The molecule has 37 heavy (non-hydrogen) atoms. The molecule has 1 fully saturated rings. The summed E-state index contributed by atoms with van der Waals surface area (Å²) in [5.74, 6) is 0.0595. The average molecular weight is 519 g/mol. The van der Waals surface area contributed by atoms with Crippen LogP contribution in [0.3, 0.4) is 0 Å². The van der Waals surface area contributed by atoms with Crippen molar-refractivity contribution in [2.75, 3.05) is 38.2 Å². The van der Waals surface area contributed by atoms with Crippen LogP contribution in [0.4, 0.5) is 5.69 Å². The summed E-state index contributed by atoms with van der Waals surface area (Å²) < 4.78 is 10.8. The molecule has 190 valence electrons. The minimum atomic E-state index is -0.427. The van der Waals surface area contributed by atoms with Crippen molar-refractivity contribution >= 4 is 35.1 Å². The molecule has 0 unspecified atom stereocenters. The van der Waals surface area contributed by atoms with Gasteiger partial charge in [-0.05, 0) is 60.5 Å². The van der Waals surface area contributed by atoms with Crippen molar-refractivity contribution in [1.29, 1.82) is 0 Å². The van der Waals surface area contributed by atoms with Crippen molar-refractivity contribution < 1.29 is 24.2 Å². The van der Waals surface area contributed by atoms with Gasteiger partial charge in [-0.1, -0.05) is 29.8 Å². The van der Waals surface area contributed by atoms with Gasteiger partial charge in [0.25, 0.3) is 0 Å². The van der Waals surface area contributed by atoms with Gasteiger partial charge in [-0.25, -0.2) is 4.79 Å². The highest BCUT2D eigenvalue weighted by Gasteiger charge is 2.34. The second-order valence-corrected chi connectivity index (χ2v) is 9.63. The number of Topliss-reactive ketones (excluding diaryl/α,β-unsaturated/α-hetero) is 1. The van der Waals surface area contributed by atoms with Crippen LogP contribution in [-0.4, -0.2) is 55.0 Å². The van der Waals surface area contributed by atoms with E-state index in [2.05, 4.69) is 15.9 Å². The van der Waals surface area contributed by atoms with Gasteiger partial charge in [0.15, 0.2) is 5.76 Å². The van der Waals surface area contributed by atoms with E-state index in [-0.39, 0.29) is 17.3 Å². The standard InChI is InChI=1S/C29H27ClN2O5/c1-18-14-24(33)23(17-31-10-12-32(13-11-31)22-5-3-4-21(30)16-22)28-26(18)27(34)25(37-28)15-19-6-8-20(9-7-19)29(35)36-2/h3-9,14-16,33H,10-13,17H2,1-2H3/b25-15+. The number of methoxy groups -OCH3 is 1. The first-order valence-corrected chi connectivity index (χ1v) is 12.4. The summed E-state index contributed by atoms with van der Waals surface area (Å²) in [6.45, 7) is 5.48. The molecule has 0 atom stereocenters. The normalized spacial score (nSPS) is 16.6. The molecule has 1 saturated heterocycles. The van der Waals surface area contributed by atoms with E-state index < -0.39 is 5.97 Å². The molecule has 2 aliphatic heterocycles. The van der Waals surface area contributed by atoms with Crippen LogP contribution >= 0.6 is 11.6 Å². The molecule has 8 heteroatoms. The van der Waals surface area contributed by atoms with Crippen molar-refractivity contribution in [3.63, 3.8) is 0 Å². The Balaban J connectivity index is 1.34. The SMILES string of the molecule is COC(=O)c1ccc(/C=C2/Oc3c(CN4CCN(c5cccc(Cl)c5)CC4)c(O)cc(C)c3C2=O)cc1. The second kappa shape index (κ2) is 10.3. The monoisotopic (exact) mass is 518 g/mol. The lowest BCUT2D eigenvalue weighted by molar-refractivity contribution is 0.0600. The van der Waals surface area contributed by atoms with Crippen LogP contribution in [0.25, 0.3) is 6.08 Å². The van der Waals surface area contributed by atoms with Crippen LogP contribution in [0.2, 0.25) is 5.02 Å². The van der Waals surface area contributed by atoms with E-state index in [0.29, 0.717) is 45.1 Å². The Morgan fingerprint density at radius 2 is 1.84 bits per heavy atom. The number of aromatic hydroxyl groups is 1. The van der Waals surface area contributed by atoms with Crippen LogP contribution in [0.1, 0.15) is 37.4 Å². The van der Waals surface area contributed by atoms with Crippen LogP contribution in [0.15, 0.2) is 60.4 Å². The Labute approximate surface area is 220 Å². The molecular formula is C29H27ClN2O5. The van der Waals surface area contributed by atoms with Crippen molar-refractivity contribution in [3.8, 4) is 11.5 Å². The Morgan fingerprint density at radius 1 is 1.11 bits per heavy atom. The zero-order valence-electron chi connectivity index (χ0n) is 20.7. The number of allylic oxidation sites excluding steroid dienone is 1. The van der Waals surface area contributed by atoms with E-state index >= 15 is 0 Å². The van der Waals surface area contributed by atoms with Gasteiger partial charge in [-0.2, -0.15) is 0 Å². The molecule has 2 heterocycles. The first-order chi connectivity index (χ1) is 17.8. The molecule has 0 saturated carbocycles. The lowest BCUT2D eigenvalue weighted by Crippen LogP contribution is -2.46. The van der Waals surface area contributed by atoms with Crippen LogP contribution in [0.5, 0.6) is 11.5 Å². The number of ether oxygens (including phenoxy) is 2. The van der Waals surface area contributed by atoms with E-state index in [1.807, 2.05) is 18.2 Å². The summed E-state index contributed by atoms with van der Waals surface area (Å²) in [5, 5.41) is 11.5. The van der Waals surface area contributed by atoms with Crippen LogP contribution in [-0.2, 0) is 11.3 Å². The number of aryl methyl sites for hydroxylation is 1. The third-order valence-corrected chi connectivity index (χ3v) is 7.01. The maximum Gasteiger partial charge on any atom is 0.337 e. The first-order valence-electron chi connectivity index (χ1n) is 12.0. The molecule has 1 N–H and O–H groups in total. The number of carbonyl (C=O) groups is 2. The Hall–Kier alpha value is -3.81. The number of anilines is 1. The highest BCUT2D eigenvalue weighted by molar-refractivity contribution is 6.30. The van der Waals surface area contributed by atoms with Crippen LogP contribution in [0, 0.1) is 6.92 Å². The summed E-state index contributed by atoms with van der Waals surface area (Å²) in [5.41, 5.74) is 3.97. The largest absolute Gasteiger partial charge is 0.507 e. The predicted octanol–water partition coefficient (Wildman–Crippen LogP) is 5.08. The average Bonchev–Trinajstić information content (AvgIpc) is 3.23. The number of carbonyl (C=O) groups excluding carboxylic acids is 2. The van der Waals surface area contributed by atoms with Gasteiger partial charge in [-0.15, -0.1) is 0 Å². The number of halogens is 1. The number of nitrogens with zero attached hydrogens (tertiary/aromatic N) is 2. The van der Waals surface area contributed by atoms with Gasteiger partial charge in [0, 0.05) is 43.4 Å². The second-order valence-electron chi connectivity index (χ2n) is 9.19. The number of ketones is 1. The third-order valence-electron chi connectivity index (χ3n) is 6.78. The minimum absolute atomic E-state index is 0.116. The van der Waals surface area contributed by atoms with Gasteiger partial charge in [0.1, 0.15) is 11.5 Å². The minimum Gasteiger partial charge on any atom is -0.507 e. The number of hydrogen-bond acceptors (Lipinski definition) is 7. The fourth-order valence-electron chi connectivity index (χ4n) is 4.78. The van der Waals surface area contributed by atoms with E-state index in [1.165, 1.54) is 7.11 Å². The van der Waals surface area contributed by atoms with Crippen molar-refractivity contribution in [1.82, 2.24) is 4.90 Å². The Bertz CT molecular complexity index is 1390. The number of phenols is 1. The summed E-state index contributed by atoms with van der Waals surface area (Å²) in [6, 6.07) is 16.2. The number of piperazine rings is 1. The highest BCUT2D eigenvalue weighted by atomic mass is 35.5. The van der Waals surface area contributed by atoms with Gasteiger partial charge < -0.3 is 19.5 Å². The molecule has 0 radical (unpaired) electrons. The lowest BCUT2D eigenvalue weighted by atomic mass is 9.99. The molecule has 3 aromatic rings. The molecule has 7 nitrogen and oxygen atoms in total. The zero-order valence-corrected chi connectivity index (χ0v) is 21.4. The molecule has 0 amide bonds. The molecule has 5 rings (SSSR count). The molecule has 0 bridgehead atoms. The van der Waals surface area contributed by atoms with E-state index in [1.54, 1.807) is 43.3 Å². The fourth-order valence-corrected chi connectivity index (χ4v) is 4.96. The summed E-state index contributed by atoms with van der Waals surface area (Å²) >= 11 is 6.16. The van der Waals surface area contributed by atoms with E-state index in [0.717, 1.165) is 31.9 Å². The number of hydrogen-bond donors (Lipinski definition) is 1. The number of fused-ring (bicyclic) bond motifs is 1. The smallest absolute Gasteiger partial charge is 0.337 e. The molecule has 0 aromatic heterocycles. The molecule has 3 aromatic carbocycles. The van der Waals surface area contributed by atoms with Crippen molar-refractivity contribution in [2.45, 2.75) is 13.5 Å². The van der Waals surface area contributed by atoms with E-state index in [4.69, 9.17) is 21.1 Å². The maximum atomic E-state index is 13.2. The summed E-state index contributed by atoms with van der Waals surface area (Å²) in [6.07, 6.45) is 1.65. The number of phenolic OH excluding ortho intramolecular Hbond substituents is 1. The van der Waals surface area contributed by atoms with Gasteiger partial charge in [0.2, 0.25) is 5.78 Å². The van der Waals surface area contributed by atoms with E-state index in [9.17, 15) is 14.7 Å². The number of esters is 1. The van der Waals surface area contributed by atoms with Crippen molar-refractivity contribution in [3.05, 3.63) is 93.2 Å².